The zero-order valence-corrected chi connectivity index (χ0v) is 14.4. The molecule has 0 radical (unpaired) electrons. The molecule has 4 aromatic rings. The molecule has 0 aliphatic heterocycles. The van der Waals surface area contributed by atoms with Crippen LogP contribution >= 0.6 is 11.3 Å². The smallest absolute Gasteiger partial charge is 0.186 e. The number of ketones is 1. The Morgan fingerprint density at radius 3 is 2.60 bits per heavy atom. The molecule has 0 fully saturated rings. The lowest BCUT2D eigenvalue weighted by Crippen LogP contribution is -2.28. The lowest BCUT2D eigenvalue weighted by Gasteiger charge is -2.17. The molecular weight excluding hydrogens is 328 g/mol. The number of benzene rings is 2. The van der Waals surface area contributed by atoms with Crippen LogP contribution in [0.5, 0.6) is 0 Å². The summed E-state index contributed by atoms with van der Waals surface area (Å²) < 4.78 is 0. The number of aromatic nitrogens is 1. The molecule has 0 spiro atoms. The van der Waals surface area contributed by atoms with Crippen molar-refractivity contribution in [1.29, 1.82) is 0 Å². The lowest BCUT2D eigenvalue weighted by atomic mass is 9.97. The number of fused-ring (bicyclic) bond motifs is 1. The van der Waals surface area contributed by atoms with Crippen LogP contribution in [0.25, 0.3) is 10.9 Å². The number of nitrogens with one attached hydrogen (secondary N) is 2. The summed E-state index contributed by atoms with van der Waals surface area (Å²) >= 11 is 1.69. The minimum absolute atomic E-state index is 0.0835. The van der Waals surface area contributed by atoms with Gasteiger partial charge in [-0.3, -0.25) is 10.1 Å². The van der Waals surface area contributed by atoms with Crippen molar-refractivity contribution in [3.63, 3.8) is 0 Å². The second kappa shape index (κ2) is 7.05. The van der Waals surface area contributed by atoms with Crippen LogP contribution in [0, 0.1) is 0 Å². The molecule has 4 rings (SSSR count). The molecule has 2 heterocycles. The van der Waals surface area contributed by atoms with Gasteiger partial charge in [-0.05, 0) is 23.1 Å². The van der Waals surface area contributed by atoms with E-state index < -0.39 is 0 Å². The molecule has 2 aromatic heterocycles. The van der Waals surface area contributed by atoms with Gasteiger partial charge < -0.3 is 4.98 Å². The van der Waals surface area contributed by atoms with Gasteiger partial charge in [0.05, 0.1) is 6.04 Å². The maximum absolute atomic E-state index is 13.3. The summed E-state index contributed by atoms with van der Waals surface area (Å²) in [4.78, 5) is 17.7. The fourth-order valence-electron chi connectivity index (χ4n) is 3.05. The van der Waals surface area contributed by atoms with E-state index in [1.807, 2.05) is 66.9 Å². The molecule has 0 unspecified atom stereocenters. The van der Waals surface area contributed by atoms with E-state index in [1.54, 1.807) is 11.3 Å². The SMILES string of the molecule is O=C(c1c[nH]c2ccccc12)[C@@H](NCc1cccs1)c1ccccc1. The maximum atomic E-state index is 13.3. The van der Waals surface area contributed by atoms with E-state index in [0.29, 0.717) is 6.54 Å². The van der Waals surface area contributed by atoms with Crippen LogP contribution < -0.4 is 5.32 Å². The summed E-state index contributed by atoms with van der Waals surface area (Å²) in [6.45, 7) is 0.672. The number of carbonyl (C=O) groups excluding carboxylic acids is 1. The molecule has 0 aliphatic rings. The monoisotopic (exact) mass is 346 g/mol. The van der Waals surface area contributed by atoms with Gasteiger partial charge in [0.1, 0.15) is 0 Å². The van der Waals surface area contributed by atoms with Crippen LogP contribution in [-0.2, 0) is 6.54 Å². The van der Waals surface area contributed by atoms with Gasteiger partial charge in [0.2, 0.25) is 0 Å². The Bertz CT molecular complexity index is 973. The summed E-state index contributed by atoms with van der Waals surface area (Å²) in [5, 5.41) is 6.45. The highest BCUT2D eigenvalue weighted by molar-refractivity contribution is 7.09. The van der Waals surface area contributed by atoms with E-state index in [-0.39, 0.29) is 11.8 Å². The zero-order valence-electron chi connectivity index (χ0n) is 13.6. The normalized spacial score (nSPS) is 12.3. The number of H-pyrrole nitrogens is 1. The molecule has 2 aromatic carbocycles. The Morgan fingerprint density at radius 2 is 1.80 bits per heavy atom. The first-order valence-corrected chi connectivity index (χ1v) is 9.12. The van der Waals surface area contributed by atoms with Gasteiger partial charge in [0, 0.05) is 34.1 Å². The highest BCUT2D eigenvalue weighted by Gasteiger charge is 2.24. The Kier molecular flexibility index (Phi) is 4.46. The topological polar surface area (TPSA) is 44.9 Å². The van der Waals surface area contributed by atoms with Crippen molar-refractivity contribution in [2.45, 2.75) is 12.6 Å². The average molecular weight is 346 g/mol. The first kappa shape index (κ1) is 15.8. The van der Waals surface area contributed by atoms with Gasteiger partial charge in [0.25, 0.3) is 0 Å². The van der Waals surface area contributed by atoms with E-state index in [0.717, 1.165) is 22.0 Å². The minimum Gasteiger partial charge on any atom is -0.360 e. The Morgan fingerprint density at radius 1 is 1.00 bits per heavy atom. The maximum Gasteiger partial charge on any atom is 0.186 e. The number of thiophene rings is 1. The molecule has 124 valence electrons. The average Bonchev–Trinajstić information content (AvgIpc) is 3.32. The fraction of sp³-hybridized carbons (Fsp3) is 0.0952. The Hall–Kier alpha value is -2.69. The van der Waals surface area contributed by atoms with Crippen LogP contribution in [0.4, 0.5) is 0 Å². The second-order valence-electron chi connectivity index (χ2n) is 5.92. The van der Waals surface area contributed by atoms with Crippen LogP contribution in [-0.4, -0.2) is 10.8 Å². The van der Waals surface area contributed by atoms with E-state index in [9.17, 15) is 4.79 Å². The van der Waals surface area contributed by atoms with Crippen molar-refractivity contribution in [2.75, 3.05) is 0 Å². The third-order valence-corrected chi connectivity index (χ3v) is 5.19. The van der Waals surface area contributed by atoms with Gasteiger partial charge in [-0.25, -0.2) is 0 Å². The van der Waals surface area contributed by atoms with E-state index in [4.69, 9.17) is 0 Å². The van der Waals surface area contributed by atoms with Crippen LogP contribution in [0.3, 0.4) is 0 Å². The zero-order chi connectivity index (χ0) is 17.1. The lowest BCUT2D eigenvalue weighted by molar-refractivity contribution is 0.0944. The number of hydrogen-bond donors (Lipinski definition) is 2. The van der Waals surface area contributed by atoms with E-state index in [1.165, 1.54) is 4.88 Å². The Balaban J connectivity index is 1.68. The van der Waals surface area contributed by atoms with Crippen molar-refractivity contribution < 1.29 is 4.79 Å². The van der Waals surface area contributed by atoms with Gasteiger partial charge >= 0.3 is 0 Å². The standard InChI is InChI=1S/C21H18N2OS/c24-21(18-14-22-19-11-5-4-10-17(18)19)20(15-7-2-1-3-8-15)23-13-16-9-6-12-25-16/h1-12,14,20,22-23H,13H2/t20-/m0/s1. The molecule has 1 atom stereocenters. The summed E-state index contributed by atoms with van der Waals surface area (Å²) in [7, 11) is 0. The largest absolute Gasteiger partial charge is 0.360 e. The molecule has 0 aliphatic carbocycles. The predicted octanol–water partition coefficient (Wildman–Crippen LogP) is 4.94. The third kappa shape index (κ3) is 3.27. The summed E-state index contributed by atoms with van der Waals surface area (Å²) in [6, 6.07) is 21.5. The van der Waals surface area contributed by atoms with Crippen molar-refractivity contribution in [3.05, 3.63) is 94.3 Å². The predicted molar refractivity (Wildman–Crippen MR) is 103 cm³/mol. The minimum atomic E-state index is -0.373. The van der Waals surface area contributed by atoms with Gasteiger partial charge in [0.15, 0.2) is 5.78 Å². The number of para-hydroxylation sites is 1. The number of carbonyl (C=O) groups is 1. The molecule has 0 amide bonds. The van der Waals surface area contributed by atoms with Crippen LogP contribution in [0.1, 0.15) is 26.8 Å². The van der Waals surface area contributed by atoms with Gasteiger partial charge in [-0.2, -0.15) is 0 Å². The highest BCUT2D eigenvalue weighted by Crippen LogP contribution is 2.25. The quantitative estimate of drug-likeness (QED) is 0.486. The summed E-state index contributed by atoms with van der Waals surface area (Å²) in [5.41, 5.74) is 2.69. The van der Waals surface area contributed by atoms with E-state index in [2.05, 4.69) is 21.7 Å². The summed E-state index contributed by atoms with van der Waals surface area (Å²) in [5.74, 6) is 0.0835. The number of rotatable bonds is 6. The fourth-order valence-corrected chi connectivity index (χ4v) is 3.71. The van der Waals surface area contributed by atoms with Crippen molar-refractivity contribution >= 4 is 28.0 Å². The van der Waals surface area contributed by atoms with Crippen molar-refractivity contribution in [3.8, 4) is 0 Å². The molecule has 0 bridgehead atoms. The number of hydrogen-bond acceptors (Lipinski definition) is 3. The van der Waals surface area contributed by atoms with Crippen LogP contribution in [0.2, 0.25) is 0 Å². The van der Waals surface area contributed by atoms with Gasteiger partial charge in [-0.1, -0.05) is 54.6 Å². The summed E-state index contributed by atoms with van der Waals surface area (Å²) in [6.07, 6.45) is 1.82. The first-order valence-electron chi connectivity index (χ1n) is 8.24. The first-order chi connectivity index (χ1) is 12.3. The molecule has 4 heteroatoms. The van der Waals surface area contributed by atoms with Crippen molar-refractivity contribution in [2.24, 2.45) is 0 Å². The molecule has 2 N–H and O–H groups in total. The molecule has 3 nitrogen and oxygen atoms in total. The Labute approximate surface area is 150 Å². The van der Waals surface area contributed by atoms with Crippen LogP contribution in [0.15, 0.2) is 78.3 Å². The number of Topliss-reactive ketones (excluding diaryl/α,β-unsaturated/α-hetero) is 1. The third-order valence-electron chi connectivity index (χ3n) is 4.31. The molecule has 25 heavy (non-hydrogen) atoms. The van der Waals surface area contributed by atoms with Gasteiger partial charge in [-0.15, -0.1) is 11.3 Å². The molecule has 0 saturated carbocycles. The number of aromatic amines is 1. The van der Waals surface area contributed by atoms with Crippen molar-refractivity contribution in [1.82, 2.24) is 10.3 Å². The van der Waals surface area contributed by atoms with E-state index >= 15 is 0 Å². The molecule has 0 saturated heterocycles. The highest BCUT2D eigenvalue weighted by atomic mass is 32.1. The molecular formula is C21H18N2OS. The second-order valence-corrected chi connectivity index (χ2v) is 6.95.